The van der Waals surface area contributed by atoms with Crippen molar-refractivity contribution >= 4 is 0 Å². The Morgan fingerprint density at radius 1 is 1.18 bits per heavy atom. The molecule has 0 aromatic heterocycles. The monoisotopic (exact) mass is 240 g/mol. The summed E-state index contributed by atoms with van der Waals surface area (Å²) >= 11 is 0. The highest BCUT2D eigenvalue weighted by atomic mass is 16.3. The summed E-state index contributed by atoms with van der Waals surface area (Å²) in [6, 6.07) is 0. The molecule has 3 unspecified atom stereocenters. The fraction of sp³-hybridized carbons (Fsp3) is 1.00. The Morgan fingerprint density at radius 3 is 2.24 bits per heavy atom. The van der Waals surface area contributed by atoms with Crippen LogP contribution in [0.4, 0.5) is 0 Å². The standard InChI is InChI=1S/C15H28O2/c1-4-15(9-16,10-17)8-11-5-6-12-7-13(11)14(12,2)3/h11-13,16-17H,4-10H2,1-3H3. The molecule has 2 nitrogen and oxygen atoms in total. The van der Waals surface area contributed by atoms with E-state index in [-0.39, 0.29) is 18.6 Å². The lowest BCUT2D eigenvalue weighted by Crippen LogP contribution is -2.53. The van der Waals surface area contributed by atoms with Gasteiger partial charge in [-0.2, -0.15) is 0 Å². The second-order valence-corrected chi connectivity index (χ2v) is 7.07. The highest BCUT2D eigenvalue weighted by molar-refractivity contribution is 5.04. The molecule has 3 rings (SSSR count). The quantitative estimate of drug-likeness (QED) is 0.776. The van der Waals surface area contributed by atoms with Gasteiger partial charge in [0, 0.05) is 5.41 Å². The summed E-state index contributed by atoms with van der Waals surface area (Å²) in [6.45, 7) is 7.16. The molecule has 2 bridgehead atoms. The van der Waals surface area contributed by atoms with Crippen molar-refractivity contribution in [3.05, 3.63) is 0 Å². The molecule has 0 saturated heterocycles. The zero-order valence-corrected chi connectivity index (χ0v) is 11.6. The van der Waals surface area contributed by atoms with E-state index in [1.54, 1.807) is 0 Å². The normalized spacial score (nSPS) is 35.5. The molecule has 3 aliphatic rings. The molecule has 0 amide bonds. The van der Waals surface area contributed by atoms with Crippen LogP contribution in [-0.2, 0) is 0 Å². The van der Waals surface area contributed by atoms with Crippen molar-refractivity contribution in [1.29, 1.82) is 0 Å². The molecule has 0 aromatic carbocycles. The van der Waals surface area contributed by atoms with Gasteiger partial charge in [-0.3, -0.25) is 0 Å². The topological polar surface area (TPSA) is 40.5 Å². The maximum absolute atomic E-state index is 9.58. The van der Waals surface area contributed by atoms with E-state index in [0.29, 0.717) is 11.3 Å². The van der Waals surface area contributed by atoms with Crippen LogP contribution in [0.3, 0.4) is 0 Å². The van der Waals surface area contributed by atoms with Crippen LogP contribution < -0.4 is 0 Å². The Labute approximate surface area is 105 Å². The average molecular weight is 240 g/mol. The second-order valence-electron chi connectivity index (χ2n) is 7.07. The fourth-order valence-electron chi connectivity index (χ4n) is 4.31. The first kappa shape index (κ1) is 13.4. The molecule has 0 spiro atoms. The van der Waals surface area contributed by atoms with Crippen molar-refractivity contribution < 1.29 is 10.2 Å². The van der Waals surface area contributed by atoms with E-state index in [4.69, 9.17) is 0 Å². The van der Waals surface area contributed by atoms with Crippen LogP contribution in [0.25, 0.3) is 0 Å². The molecular weight excluding hydrogens is 212 g/mol. The Balaban J connectivity index is 2.03. The number of aliphatic hydroxyl groups is 2. The number of hydrogen-bond donors (Lipinski definition) is 2. The van der Waals surface area contributed by atoms with Gasteiger partial charge in [0.15, 0.2) is 0 Å². The third-order valence-corrected chi connectivity index (χ3v) is 6.12. The third-order valence-electron chi connectivity index (χ3n) is 6.12. The summed E-state index contributed by atoms with van der Waals surface area (Å²) in [7, 11) is 0. The van der Waals surface area contributed by atoms with Crippen LogP contribution in [0.1, 0.15) is 52.9 Å². The Kier molecular flexibility index (Phi) is 3.57. The summed E-state index contributed by atoms with van der Waals surface area (Å²) < 4.78 is 0. The number of hydrogen-bond acceptors (Lipinski definition) is 2. The molecule has 3 aliphatic carbocycles. The van der Waals surface area contributed by atoms with Gasteiger partial charge in [0.05, 0.1) is 13.2 Å². The maximum atomic E-state index is 9.58. The van der Waals surface area contributed by atoms with Crippen LogP contribution in [-0.4, -0.2) is 23.4 Å². The minimum atomic E-state index is -0.233. The smallest absolute Gasteiger partial charge is 0.0509 e. The SMILES string of the molecule is CCC(CO)(CO)CC1CCC2CC1C2(C)C. The molecular formula is C15H28O2. The molecule has 0 heterocycles. The zero-order valence-electron chi connectivity index (χ0n) is 11.6. The van der Waals surface area contributed by atoms with Gasteiger partial charge in [-0.1, -0.05) is 20.8 Å². The van der Waals surface area contributed by atoms with E-state index in [2.05, 4.69) is 20.8 Å². The van der Waals surface area contributed by atoms with Crippen LogP contribution in [0.15, 0.2) is 0 Å². The molecule has 3 saturated carbocycles. The van der Waals surface area contributed by atoms with Crippen LogP contribution in [0, 0.1) is 28.6 Å². The third kappa shape index (κ3) is 2.04. The van der Waals surface area contributed by atoms with E-state index in [1.165, 1.54) is 19.3 Å². The first-order valence-electron chi connectivity index (χ1n) is 7.21. The summed E-state index contributed by atoms with van der Waals surface area (Å²) in [5.74, 6) is 2.47. The lowest BCUT2D eigenvalue weighted by molar-refractivity contribution is -0.123. The predicted octanol–water partition coefficient (Wildman–Crippen LogP) is 2.83. The van der Waals surface area contributed by atoms with E-state index in [1.807, 2.05) is 0 Å². The van der Waals surface area contributed by atoms with Crippen molar-refractivity contribution in [3.63, 3.8) is 0 Å². The summed E-state index contributed by atoms with van der Waals surface area (Å²) in [6.07, 6.45) is 5.93. The lowest BCUT2D eigenvalue weighted by atomic mass is 9.44. The van der Waals surface area contributed by atoms with E-state index in [9.17, 15) is 10.2 Å². The summed E-state index contributed by atoms with van der Waals surface area (Å²) in [5, 5.41) is 19.2. The van der Waals surface area contributed by atoms with E-state index in [0.717, 1.165) is 24.7 Å². The van der Waals surface area contributed by atoms with Crippen molar-refractivity contribution in [3.8, 4) is 0 Å². The minimum absolute atomic E-state index is 0.132. The Morgan fingerprint density at radius 2 is 1.82 bits per heavy atom. The molecule has 0 radical (unpaired) electrons. The van der Waals surface area contributed by atoms with Crippen molar-refractivity contribution in [2.24, 2.45) is 28.6 Å². The van der Waals surface area contributed by atoms with Gasteiger partial charge in [0.2, 0.25) is 0 Å². The molecule has 0 aromatic rings. The van der Waals surface area contributed by atoms with Gasteiger partial charge in [0.1, 0.15) is 0 Å². The van der Waals surface area contributed by atoms with Gasteiger partial charge < -0.3 is 10.2 Å². The van der Waals surface area contributed by atoms with Crippen molar-refractivity contribution in [2.45, 2.75) is 52.9 Å². The largest absolute Gasteiger partial charge is 0.396 e. The molecule has 2 N–H and O–H groups in total. The predicted molar refractivity (Wildman–Crippen MR) is 69.6 cm³/mol. The first-order chi connectivity index (χ1) is 7.99. The fourth-order valence-corrected chi connectivity index (χ4v) is 4.31. The first-order valence-corrected chi connectivity index (χ1v) is 7.21. The molecule has 3 atom stereocenters. The number of rotatable bonds is 5. The summed E-state index contributed by atoms with van der Waals surface area (Å²) in [4.78, 5) is 0. The Hall–Kier alpha value is -0.0800. The molecule has 100 valence electrons. The Bertz CT molecular complexity index is 258. The van der Waals surface area contributed by atoms with Gasteiger partial charge >= 0.3 is 0 Å². The number of fused-ring (bicyclic) bond motifs is 2. The number of aliphatic hydroxyl groups excluding tert-OH is 2. The maximum Gasteiger partial charge on any atom is 0.0509 e. The highest BCUT2D eigenvalue weighted by Crippen LogP contribution is 2.63. The zero-order chi connectivity index (χ0) is 12.7. The molecule has 3 fully saturated rings. The van der Waals surface area contributed by atoms with Gasteiger partial charge in [-0.05, 0) is 55.3 Å². The van der Waals surface area contributed by atoms with Gasteiger partial charge in [-0.15, -0.1) is 0 Å². The van der Waals surface area contributed by atoms with Gasteiger partial charge in [0.25, 0.3) is 0 Å². The van der Waals surface area contributed by atoms with Crippen LogP contribution in [0.2, 0.25) is 0 Å². The second kappa shape index (κ2) is 4.55. The molecule has 2 heteroatoms. The molecule has 17 heavy (non-hydrogen) atoms. The van der Waals surface area contributed by atoms with Crippen LogP contribution in [0.5, 0.6) is 0 Å². The minimum Gasteiger partial charge on any atom is -0.396 e. The average Bonchev–Trinajstić information content (AvgIpc) is 2.36. The van der Waals surface area contributed by atoms with E-state index < -0.39 is 0 Å². The van der Waals surface area contributed by atoms with Crippen LogP contribution >= 0.6 is 0 Å². The molecule has 0 aliphatic heterocycles. The highest BCUT2D eigenvalue weighted by Gasteiger charge is 2.54. The lowest BCUT2D eigenvalue weighted by Gasteiger charge is -2.61. The van der Waals surface area contributed by atoms with Gasteiger partial charge in [-0.25, -0.2) is 0 Å². The van der Waals surface area contributed by atoms with Crippen molar-refractivity contribution in [1.82, 2.24) is 0 Å². The van der Waals surface area contributed by atoms with Crippen molar-refractivity contribution in [2.75, 3.05) is 13.2 Å². The summed E-state index contributed by atoms with van der Waals surface area (Å²) in [5.41, 5.74) is 0.274. The van der Waals surface area contributed by atoms with E-state index >= 15 is 0 Å².